The topological polar surface area (TPSA) is 9.23 Å². The third kappa shape index (κ3) is 2.97. The van der Waals surface area contributed by atoms with Crippen molar-refractivity contribution in [2.75, 3.05) is 0 Å². The Morgan fingerprint density at radius 1 is 1.31 bits per heavy atom. The molecule has 0 aliphatic rings. The van der Waals surface area contributed by atoms with E-state index in [0.717, 1.165) is 0 Å². The summed E-state index contributed by atoms with van der Waals surface area (Å²) in [6.07, 6.45) is -4.79. The summed E-state index contributed by atoms with van der Waals surface area (Å²) in [6.45, 7) is 0. The molecule has 1 nitrogen and oxygen atoms in total. The van der Waals surface area contributed by atoms with Crippen LogP contribution in [0.1, 0.15) is 0 Å². The van der Waals surface area contributed by atoms with Gasteiger partial charge in [-0.05, 0) is 12.1 Å². The van der Waals surface area contributed by atoms with Gasteiger partial charge in [-0.3, -0.25) is 0 Å². The number of hydrogen-bond acceptors (Lipinski definition) is 1. The van der Waals surface area contributed by atoms with Gasteiger partial charge < -0.3 is 4.74 Å². The lowest BCUT2D eigenvalue weighted by Crippen LogP contribution is -2.17. The molecule has 0 atom stereocenters. The van der Waals surface area contributed by atoms with Crippen molar-refractivity contribution in [1.82, 2.24) is 0 Å². The van der Waals surface area contributed by atoms with Gasteiger partial charge in [-0.25, -0.2) is 0 Å². The van der Waals surface area contributed by atoms with Gasteiger partial charge in [-0.1, -0.05) is 23.2 Å². The van der Waals surface area contributed by atoms with Gasteiger partial charge in [-0.2, -0.15) is 0 Å². The molecule has 6 heteroatoms. The molecule has 71 valence electrons. The first-order valence-electron chi connectivity index (χ1n) is 3.01. The summed E-state index contributed by atoms with van der Waals surface area (Å²) < 4.78 is 38.7. The molecule has 0 aliphatic carbocycles. The summed E-state index contributed by atoms with van der Waals surface area (Å²) in [4.78, 5) is 0. The number of halogens is 5. The average Bonchev–Trinajstić information content (AvgIpc) is 1.96. The molecule has 1 aromatic carbocycles. The van der Waals surface area contributed by atoms with Crippen LogP contribution >= 0.6 is 23.2 Å². The predicted molar refractivity (Wildman–Crippen MR) is 42.0 cm³/mol. The number of rotatable bonds is 1. The van der Waals surface area contributed by atoms with Gasteiger partial charge in [0.05, 0.1) is 5.02 Å². The van der Waals surface area contributed by atoms with Crippen LogP contribution < -0.4 is 4.74 Å². The monoisotopic (exact) mass is 229 g/mol. The minimum atomic E-state index is -4.79. The van der Waals surface area contributed by atoms with Crippen molar-refractivity contribution in [3.63, 3.8) is 0 Å². The third-order valence-electron chi connectivity index (χ3n) is 1.07. The lowest BCUT2D eigenvalue weighted by atomic mass is 10.3. The van der Waals surface area contributed by atoms with Gasteiger partial charge in [0, 0.05) is 6.07 Å². The van der Waals surface area contributed by atoms with Crippen LogP contribution in [0, 0.1) is 6.07 Å². The number of alkyl halides is 3. The molecule has 0 N–H and O–H groups in total. The maximum atomic E-state index is 11.7. The summed E-state index contributed by atoms with van der Waals surface area (Å²) in [7, 11) is 0. The normalized spacial score (nSPS) is 11.5. The molecule has 0 unspecified atom stereocenters. The van der Waals surface area contributed by atoms with E-state index < -0.39 is 12.1 Å². The van der Waals surface area contributed by atoms with Crippen LogP contribution in [-0.2, 0) is 0 Å². The Morgan fingerprint density at radius 3 is 2.46 bits per heavy atom. The van der Waals surface area contributed by atoms with Crippen molar-refractivity contribution >= 4 is 23.2 Å². The van der Waals surface area contributed by atoms with Crippen LogP contribution in [0.25, 0.3) is 0 Å². The SMILES string of the molecule is FC(F)(F)Oc1[c]ccc(Cl)c1Cl. The fraction of sp³-hybridized carbons (Fsp3) is 0.143. The van der Waals surface area contributed by atoms with Crippen molar-refractivity contribution in [3.05, 3.63) is 28.2 Å². The Bertz CT molecular complexity index is 311. The zero-order chi connectivity index (χ0) is 10.1. The maximum absolute atomic E-state index is 11.7. The van der Waals surface area contributed by atoms with Gasteiger partial charge in [0.25, 0.3) is 0 Å². The van der Waals surface area contributed by atoms with Crippen LogP contribution in [0.4, 0.5) is 13.2 Å². The van der Waals surface area contributed by atoms with E-state index in [9.17, 15) is 13.2 Å². The van der Waals surface area contributed by atoms with Gasteiger partial charge in [0.15, 0.2) is 5.75 Å². The zero-order valence-corrected chi connectivity index (χ0v) is 7.46. The first kappa shape index (κ1) is 10.5. The molecule has 0 amide bonds. The second kappa shape index (κ2) is 3.64. The van der Waals surface area contributed by atoms with E-state index in [2.05, 4.69) is 10.8 Å². The highest BCUT2D eigenvalue weighted by atomic mass is 35.5. The van der Waals surface area contributed by atoms with Crippen molar-refractivity contribution in [1.29, 1.82) is 0 Å². The van der Waals surface area contributed by atoms with Gasteiger partial charge >= 0.3 is 6.36 Å². The lowest BCUT2D eigenvalue weighted by molar-refractivity contribution is -0.274. The smallest absolute Gasteiger partial charge is 0.403 e. The Kier molecular flexibility index (Phi) is 2.93. The lowest BCUT2D eigenvalue weighted by Gasteiger charge is -2.09. The van der Waals surface area contributed by atoms with Crippen LogP contribution in [0.5, 0.6) is 5.75 Å². The molecule has 0 saturated heterocycles. The van der Waals surface area contributed by atoms with E-state index in [0.29, 0.717) is 0 Å². The van der Waals surface area contributed by atoms with Gasteiger partial charge in [0.1, 0.15) is 5.02 Å². The first-order chi connectivity index (χ1) is 5.90. The minimum absolute atomic E-state index is 0.0142. The molecule has 0 fully saturated rings. The van der Waals surface area contributed by atoms with Crippen LogP contribution in [0.15, 0.2) is 12.1 Å². The largest absolute Gasteiger partial charge is 0.573 e. The average molecular weight is 230 g/mol. The number of hydrogen-bond donors (Lipinski definition) is 0. The summed E-state index contributed by atoms with van der Waals surface area (Å²) in [5, 5.41) is -0.318. The summed E-state index contributed by atoms with van der Waals surface area (Å²) in [6, 6.07) is 4.68. The Labute approximate surface area is 82.0 Å². The van der Waals surface area contributed by atoms with E-state index in [4.69, 9.17) is 23.2 Å². The second-order valence-electron chi connectivity index (χ2n) is 2.02. The molecule has 0 aromatic heterocycles. The molecular formula is C7H2Cl2F3O. The van der Waals surface area contributed by atoms with Crippen LogP contribution in [-0.4, -0.2) is 6.36 Å². The van der Waals surface area contributed by atoms with E-state index in [-0.39, 0.29) is 10.0 Å². The quantitative estimate of drug-likeness (QED) is 0.714. The maximum Gasteiger partial charge on any atom is 0.573 e. The van der Waals surface area contributed by atoms with Crippen LogP contribution in [0.2, 0.25) is 10.0 Å². The second-order valence-corrected chi connectivity index (χ2v) is 2.80. The molecule has 1 aromatic rings. The number of ether oxygens (including phenoxy) is 1. The third-order valence-corrected chi connectivity index (χ3v) is 1.86. The number of benzene rings is 1. The van der Waals surface area contributed by atoms with Crippen LogP contribution in [0.3, 0.4) is 0 Å². The Hall–Kier alpha value is -0.610. The fourth-order valence-electron chi connectivity index (χ4n) is 0.625. The van der Waals surface area contributed by atoms with E-state index >= 15 is 0 Å². The summed E-state index contributed by atoms with van der Waals surface area (Å²) in [5.74, 6) is -0.623. The van der Waals surface area contributed by atoms with Crippen molar-refractivity contribution in [2.24, 2.45) is 0 Å². The molecule has 0 heterocycles. The fourth-order valence-corrected chi connectivity index (χ4v) is 0.930. The van der Waals surface area contributed by atoms with E-state index in [1.165, 1.54) is 12.1 Å². The zero-order valence-electron chi connectivity index (χ0n) is 5.95. The molecular weight excluding hydrogens is 228 g/mol. The van der Waals surface area contributed by atoms with Crippen molar-refractivity contribution in [3.8, 4) is 5.75 Å². The molecule has 0 aliphatic heterocycles. The highest BCUT2D eigenvalue weighted by Gasteiger charge is 2.32. The molecule has 1 rings (SSSR count). The highest BCUT2D eigenvalue weighted by molar-refractivity contribution is 6.42. The minimum Gasteiger partial charge on any atom is -0.403 e. The molecule has 13 heavy (non-hydrogen) atoms. The van der Waals surface area contributed by atoms with Crippen molar-refractivity contribution in [2.45, 2.75) is 6.36 Å². The predicted octanol–water partition coefficient (Wildman–Crippen LogP) is 3.69. The van der Waals surface area contributed by atoms with E-state index in [1.807, 2.05) is 0 Å². The standard InChI is InChI=1S/C7H2Cl2F3O/c8-4-2-1-3-5(6(4)9)13-7(10,11)12/h1-2H. The Balaban J connectivity index is 2.96. The highest BCUT2D eigenvalue weighted by Crippen LogP contribution is 2.34. The van der Waals surface area contributed by atoms with Gasteiger partial charge in [0.2, 0.25) is 0 Å². The Morgan fingerprint density at radius 2 is 1.92 bits per heavy atom. The summed E-state index contributed by atoms with van der Waals surface area (Å²) >= 11 is 10.9. The van der Waals surface area contributed by atoms with E-state index in [1.54, 1.807) is 0 Å². The molecule has 1 radical (unpaired) electrons. The molecule has 0 saturated carbocycles. The summed E-state index contributed by atoms with van der Waals surface area (Å²) in [5.41, 5.74) is 0. The molecule has 0 spiro atoms. The first-order valence-corrected chi connectivity index (χ1v) is 3.77. The van der Waals surface area contributed by atoms with Gasteiger partial charge in [-0.15, -0.1) is 13.2 Å². The van der Waals surface area contributed by atoms with Crippen molar-refractivity contribution < 1.29 is 17.9 Å². The molecule has 0 bridgehead atoms.